The van der Waals surface area contributed by atoms with Crippen LogP contribution in [0.1, 0.15) is 25.0 Å². The van der Waals surface area contributed by atoms with Crippen LogP contribution in [0.3, 0.4) is 0 Å². The highest BCUT2D eigenvalue weighted by molar-refractivity contribution is 8.67. The van der Waals surface area contributed by atoms with Gasteiger partial charge in [-0.15, -0.1) is 0 Å². The van der Waals surface area contributed by atoms with Gasteiger partial charge in [0.2, 0.25) is 0 Å². The zero-order chi connectivity index (χ0) is 20.9. The molecule has 6 nitrogen and oxygen atoms in total. The van der Waals surface area contributed by atoms with Gasteiger partial charge in [0.1, 0.15) is 11.5 Å². The molecular formula is C20H26O6S2. The van der Waals surface area contributed by atoms with Gasteiger partial charge in [-0.2, -0.15) is 0 Å². The number of ether oxygens (including phenoxy) is 2. The lowest BCUT2D eigenvalue weighted by Crippen LogP contribution is -2.35. The highest BCUT2D eigenvalue weighted by Crippen LogP contribution is 2.23. The minimum atomic E-state index is -4.37. The zero-order valence-corrected chi connectivity index (χ0v) is 18.1. The summed E-state index contributed by atoms with van der Waals surface area (Å²) in [5.41, 5.74) is 1.46. The predicted octanol–water partition coefficient (Wildman–Crippen LogP) is 3.01. The fraction of sp³-hybridized carbons (Fsp3) is 0.400. The third-order valence-electron chi connectivity index (χ3n) is 4.67. The first-order valence-electron chi connectivity index (χ1n) is 8.85. The molecule has 154 valence electrons. The van der Waals surface area contributed by atoms with E-state index in [0.29, 0.717) is 11.5 Å². The molecular weight excluding hydrogens is 400 g/mol. The molecule has 0 aliphatic rings. The van der Waals surface area contributed by atoms with Gasteiger partial charge in [-0.3, -0.25) is 0 Å². The van der Waals surface area contributed by atoms with Crippen molar-refractivity contribution in [1.82, 2.24) is 0 Å². The third-order valence-corrected chi connectivity index (χ3v) is 11.5. The minimum Gasteiger partial charge on any atom is -0.497 e. The van der Waals surface area contributed by atoms with Gasteiger partial charge in [-0.1, -0.05) is 24.3 Å². The number of benzene rings is 2. The normalized spacial score (nSPS) is 14.3. The van der Waals surface area contributed by atoms with Crippen molar-refractivity contribution in [2.75, 3.05) is 14.2 Å². The van der Waals surface area contributed by atoms with E-state index in [1.165, 1.54) is 13.8 Å². The van der Waals surface area contributed by atoms with E-state index in [1.807, 2.05) is 0 Å². The molecule has 0 fully saturated rings. The molecule has 0 aliphatic heterocycles. The SMILES string of the molecule is COc1ccc(CC(C)S(=O)(=O)S(=O)(=O)C(C)Cc2ccc(OC)cc2)cc1. The van der Waals surface area contributed by atoms with Crippen LogP contribution in [-0.2, 0) is 30.6 Å². The Kier molecular flexibility index (Phi) is 7.11. The summed E-state index contributed by atoms with van der Waals surface area (Å²) in [7, 11) is -5.66. The Hall–Kier alpha value is -2.06. The van der Waals surface area contributed by atoms with Crippen LogP contribution in [0, 0.1) is 0 Å². The first-order valence-corrected chi connectivity index (χ1v) is 12.5. The summed E-state index contributed by atoms with van der Waals surface area (Å²) in [6.45, 7) is 2.86. The molecule has 2 unspecified atom stereocenters. The molecule has 28 heavy (non-hydrogen) atoms. The van der Waals surface area contributed by atoms with Gasteiger partial charge in [0, 0.05) is 0 Å². The second kappa shape index (κ2) is 8.96. The Bertz CT molecular complexity index is 894. The maximum Gasteiger partial charge on any atom is 0.256 e. The van der Waals surface area contributed by atoms with E-state index >= 15 is 0 Å². The molecule has 0 radical (unpaired) electrons. The van der Waals surface area contributed by atoms with Crippen LogP contribution in [-0.4, -0.2) is 41.6 Å². The van der Waals surface area contributed by atoms with Crippen molar-refractivity contribution in [2.45, 2.75) is 37.2 Å². The lowest BCUT2D eigenvalue weighted by atomic mass is 10.1. The van der Waals surface area contributed by atoms with Crippen LogP contribution in [0.2, 0.25) is 0 Å². The molecule has 0 spiro atoms. The third kappa shape index (κ3) is 4.86. The average molecular weight is 427 g/mol. The molecule has 0 heterocycles. The molecule has 0 N–H and O–H groups in total. The molecule has 0 saturated carbocycles. The van der Waals surface area contributed by atoms with E-state index in [0.717, 1.165) is 11.1 Å². The van der Waals surface area contributed by atoms with Crippen LogP contribution in [0.5, 0.6) is 11.5 Å². The summed E-state index contributed by atoms with van der Waals surface area (Å²) in [6.07, 6.45) is 0.224. The molecule has 0 aromatic heterocycles. The molecule has 2 aromatic rings. The summed E-state index contributed by atoms with van der Waals surface area (Å²) in [4.78, 5) is 0. The summed E-state index contributed by atoms with van der Waals surface area (Å²) in [5, 5.41) is -2.10. The largest absolute Gasteiger partial charge is 0.497 e. The monoisotopic (exact) mass is 426 g/mol. The highest BCUT2D eigenvalue weighted by Gasteiger charge is 2.39. The van der Waals surface area contributed by atoms with Crippen LogP contribution in [0.25, 0.3) is 0 Å². The number of hydrogen-bond donors (Lipinski definition) is 0. The topological polar surface area (TPSA) is 86.7 Å². The van der Waals surface area contributed by atoms with Gasteiger partial charge in [-0.25, -0.2) is 16.8 Å². The molecule has 0 amide bonds. The maximum atomic E-state index is 12.8. The van der Waals surface area contributed by atoms with E-state index in [4.69, 9.17) is 9.47 Å². The standard InChI is InChI=1S/C20H26O6S2/c1-15(13-17-5-9-19(25-3)10-6-17)27(21,22)28(23,24)16(2)14-18-7-11-20(26-4)12-8-18/h5-12,15-16H,13-14H2,1-4H3. The Morgan fingerprint density at radius 1 is 0.643 bits per heavy atom. The van der Waals surface area contributed by atoms with Gasteiger partial charge in [0.25, 0.3) is 17.7 Å². The van der Waals surface area contributed by atoms with Gasteiger partial charge >= 0.3 is 0 Å². The predicted molar refractivity (Wildman–Crippen MR) is 110 cm³/mol. The van der Waals surface area contributed by atoms with Crippen molar-refractivity contribution in [3.05, 3.63) is 59.7 Å². The Morgan fingerprint density at radius 2 is 0.929 bits per heavy atom. The van der Waals surface area contributed by atoms with Crippen LogP contribution < -0.4 is 9.47 Å². The molecule has 0 saturated heterocycles. The minimum absolute atomic E-state index is 0.112. The first kappa shape index (κ1) is 22.2. The summed E-state index contributed by atoms with van der Waals surface area (Å²) in [5.74, 6) is 1.31. The van der Waals surface area contributed by atoms with Gasteiger partial charge in [0.15, 0.2) is 0 Å². The average Bonchev–Trinajstić information content (AvgIpc) is 2.68. The summed E-state index contributed by atoms with van der Waals surface area (Å²) in [6, 6.07) is 13.8. The van der Waals surface area contributed by atoms with E-state index in [1.54, 1.807) is 62.8 Å². The van der Waals surface area contributed by atoms with Crippen molar-refractivity contribution in [3.8, 4) is 11.5 Å². The van der Waals surface area contributed by atoms with Crippen molar-refractivity contribution in [1.29, 1.82) is 0 Å². The van der Waals surface area contributed by atoms with E-state index in [-0.39, 0.29) is 12.8 Å². The lowest BCUT2D eigenvalue weighted by Gasteiger charge is -2.18. The summed E-state index contributed by atoms with van der Waals surface area (Å²) >= 11 is 0. The van der Waals surface area contributed by atoms with Crippen LogP contribution in [0.15, 0.2) is 48.5 Å². The van der Waals surface area contributed by atoms with E-state index in [2.05, 4.69) is 0 Å². The van der Waals surface area contributed by atoms with Gasteiger partial charge < -0.3 is 9.47 Å². The second-order valence-corrected chi connectivity index (χ2v) is 13.1. The zero-order valence-electron chi connectivity index (χ0n) is 16.5. The number of hydrogen-bond acceptors (Lipinski definition) is 6. The van der Waals surface area contributed by atoms with Crippen molar-refractivity contribution >= 4 is 17.7 Å². The molecule has 8 heteroatoms. The molecule has 2 aromatic carbocycles. The number of rotatable bonds is 9. The van der Waals surface area contributed by atoms with E-state index in [9.17, 15) is 16.8 Å². The lowest BCUT2D eigenvalue weighted by molar-refractivity contribution is 0.414. The van der Waals surface area contributed by atoms with Gasteiger partial charge in [-0.05, 0) is 62.1 Å². The second-order valence-electron chi connectivity index (χ2n) is 6.71. The van der Waals surface area contributed by atoms with Crippen LogP contribution in [0.4, 0.5) is 0 Å². The maximum absolute atomic E-state index is 12.8. The summed E-state index contributed by atoms with van der Waals surface area (Å²) < 4.78 is 61.3. The molecule has 2 atom stereocenters. The molecule has 0 bridgehead atoms. The quantitative estimate of drug-likeness (QED) is 0.573. The Morgan fingerprint density at radius 3 is 1.18 bits per heavy atom. The Balaban J connectivity index is 2.15. The van der Waals surface area contributed by atoms with Crippen LogP contribution >= 0.6 is 0 Å². The number of methoxy groups -OCH3 is 2. The van der Waals surface area contributed by atoms with Crippen molar-refractivity contribution in [2.24, 2.45) is 0 Å². The molecule has 0 aliphatic carbocycles. The fourth-order valence-corrected chi connectivity index (χ4v) is 7.71. The van der Waals surface area contributed by atoms with Crippen molar-refractivity contribution in [3.63, 3.8) is 0 Å². The fourth-order valence-electron chi connectivity index (χ4n) is 2.85. The van der Waals surface area contributed by atoms with E-state index < -0.39 is 28.2 Å². The molecule has 2 rings (SSSR count). The van der Waals surface area contributed by atoms with Crippen molar-refractivity contribution < 1.29 is 26.3 Å². The first-order chi connectivity index (χ1) is 13.1. The Labute approximate surface area is 166 Å². The van der Waals surface area contributed by atoms with Gasteiger partial charge in [0.05, 0.1) is 24.7 Å². The highest BCUT2D eigenvalue weighted by atomic mass is 33.2. The smallest absolute Gasteiger partial charge is 0.256 e.